The van der Waals surface area contributed by atoms with E-state index in [1.807, 2.05) is 35.2 Å². The van der Waals surface area contributed by atoms with Gasteiger partial charge in [0, 0.05) is 39.6 Å². The zero-order valence-corrected chi connectivity index (χ0v) is 13.7. The second-order valence-electron chi connectivity index (χ2n) is 5.38. The molecule has 1 aromatic rings. The molecule has 0 aliphatic carbocycles. The summed E-state index contributed by atoms with van der Waals surface area (Å²) < 4.78 is 0. The van der Waals surface area contributed by atoms with Crippen LogP contribution in [0.3, 0.4) is 0 Å². The van der Waals surface area contributed by atoms with E-state index in [2.05, 4.69) is 0 Å². The Kier molecular flexibility index (Phi) is 7.35. The van der Waals surface area contributed by atoms with Crippen molar-refractivity contribution < 1.29 is 9.59 Å². The third kappa shape index (κ3) is 4.45. The topological polar surface area (TPSA) is 66.6 Å². The fraction of sp³-hybridized carbons (Fsp3) is 0.500. The number of hydrogen-bond donors (Lipinski definition) is 1. The van der Waals surface area contributed by atoms with E-state index in [1.165, 1.54) is 0 Å². The molecule has 1 unspecified atom stereocenters. The second-order valence-corrected chi connectivity index (χ2v) is 5.38. The van der Waals surface area contributed by atoms with E-state index < -0.39 is 0 Å². The van der Waals surface area contributed by atoms with Crippen LogP contribution in [-0.4, -0.2) is 54.3 Å². The van der Waals surface area contributed by atoms with Crippen LogP contribution in [0.4, 0.5) is 0 Å². The highest BCUT2D eigenvalue weighted by atomic mass is 35.5. The Labute approximate surface area is 137 Å². The van der Waals surface area contributed by atoms with Crippen LogP contribution in [0.5, 0.6) is 0 Å². The third-order valence-electron chi connectivity index (χ3n) is 3.99. The minimum atomic E-state index is -0.296. The third-order valence-corrected chi connectivity index (χ3v) is 3.99. The molecule has 122 valence electrons. The molecule has 1 aromatic carbocycles. The SMILES string of the molecule is CC(=O)N1CCCN(C(=O)C(CN)c2ccccc2)CC1.Cl. The molecule has 1 aliphatic rings. The largest absolute Gasteiger partial charge is 0.341 e. The summed E-state index contributed by atoms with van der Waals surface area (Å²) in [6.45, 7) is 4.47. The Morgan fingerprint density at radius 1 is 1.09 bits per heavy atom. The summed E-state index contributed by atoms with van der Waals surface area (Å²) in [5.74, 6) is -0.160. The van der Waals surface area contributed by atoms with Gasteiger partial charge in [0.2, 0.25) is 11.8 Å². The van der Waals surface area contributed by atoms with E-state index in [-0.39, 0.29) is 30.1 Å². The van der Waals surface area contributed by atoms with Crippen molar-refractivity contribution >= 4 is 24.2 Å². The highest BCUT2D eigenvalue weighted by molar-refractivity contribution is 5.85. The van der Waals surface area contributed by atoms with E-state index in [0.717, 1.165) is 18.5 Å². The van der Waals surface area contributed by atoms with Crippen LogP contribution >= 0.6 is 12.4 Å². The van der Waals surface area contributed by atoms with Crippen LogP contribution in [0.25, 0.3) is 0 Å². The summed E-state index contributed by atoms with van der Waals surface area (Å²) in [5.41, 5.74) is 6.77. The molecule has 5 nitrogen and oxygen atoms in total. The van der Waals surface area contributed by atoms with Crippen molar-refractivity contribution in [2.45, 2.75) is 19.3 Å². The standard InChI is InChI=1S/C16H23N3O2.ClH/c1-13(20)18-8-5-9-19(11-10-18)16(21)15(12-17)14-6-3-2-4-7-14;/h2-4,6-7,15H,5,8-12,17H2,1H3;1H. The van der Waals surface area contributed by atoms with E-state index >= 15 is 0 Å². The highest BCUT2D eigenvalue weighted by Gasteiger charge is 2.26. The Balaban J connectivity index is 0.00000242. The molecule has 1 aliphatic heterocycles. The quantitative estimate of drug-likeness (QED) is 0.909. The minimum Gasteiger partial charge on any atom is -0.341 e. The average Bonchev–Trinajstić information content (AvgIpc) is 2.75. The van der Waals surface area contributed by atoms with Crippen molar-refractivity contribution in [3.63, 3.8) is 0 Å². The molecule has 2 rings (SSSR count). The van der Waals surface area contributed by atoms with Crippen molar-refractivity contribution in [3.8, 4) is 0 Å². The first-order valence-electron chi connectivity index (χ1n) is 7.42. The number of benzene rings is 1. The fourth-order valence-corrected chi connectivity index (χ4v) is 2.74. The maximum atomic E-state index is 12.7. The molecular formula is C16H24ClN3O2. The van der Waals surface area contributed by atoms with Gasteiger partial charge in [-0.15, -0.1) is 12.4 Å². The van der Waals surface area contributed by atoms with Crippen LogP contribution in [0.2, 0.25) is 0 Å². The van der Waals surface area contributed by atoms with Gasteiger partial charge in [0.15, 0.2) is 0 Å². The molecule has 6 heteroatoms. The van der Waals surface area contributed by atoms with Gasteiger partial charge >= 0.3 is 0 Å². The average molecular weight is 326 g/mol. The molecule has 0 radical (unpaired) electrons. The van der Waals surface area contributed by atoms with E-state index in [0.29, 0.717) is 26.2 Å². The van der Waals surface area contributed by atoms with E-state index in [4.69, 9.17) is 5.73 Å². The summed E-state index contributed by atoms with van der Waals surface area (Å²) in [5, 5.41) is 0. The number of hydrogen-bond acceptors (Lipinski definition) is 3. The summed E-state index contributed by atoms with van der Waals surface area (Å²) in [4.78, 5) is 27.8. The van der Waals surface area contributed by atoms with E-state index in [9.17, 15) is 9.59 Å². The molecule has 1 saturated heterocycles. The molecule has 0 bridgehead atoms. The van der Waals surface area contributed by atoms with Gasteiger partial charge in [-0.1, -0.05) is 30.3 Å². The Hall–Kier alpha value is -1.59. The predicted molar refractivity (Wildman–Crippen MR) is 88.9 cm³/mol. The number of carbonyl (C=O) groups is 2. The van der Waals surface area contributed by atoms with Crippen molar-refractivity contribution in [2.24, 2.45) is 5.73 Å². The van der Waals surface area contributed by atoms with Crippen molar-refractivity contribution in [3.05, 3.63) is 35.9 Å². The second kappa shape index (κ2) is 8.76. The first kappa shape index (κ1) is 18.5. The van der Waals surface area contributed by atoms with Crippen LogP contribution in [-0.2, 0) is 9.59 Å². The maximum absolute atomic E-state index is 12.7. The fourth-order valence-electron chi connectivity index (χ4n) is 2.74. The van der Waals surface area contributed by atoms with Crippen molar-refractivity contribution in [1.29, 1.82) is 0 Å². The molecule has 1 heterocycles. The molecule has 0 saturated carbocycles. The van der Waals surface area contributed by atoms with Gasteiger partial charge in [-0.3, -0.25) is 9.59 Å². The van der Waals surface area contributed by atoms with Gasteiger partial charge in [0.25, 0.3) is 0 Å². The normalized spacial score (nSPS) is 16.5. The van der Waals surface area contributed by atoms with Crippen LogP contribution in [0.1, 0.15) is 24.8 Å². The monoisotopic (exact) mass is 325 g/mol. The van der Waals surface area contributed by atoms with Crippen LogP contribution in [0, 0.1) is 0 Å². The van der Waals surface area contributed by atoms with Gasteiger partial charge in [-0.2, -0.15) is 0 Å². The van der Waals surface area contributed by atoms with Gasteiger partial charge in [0.05, 0.1) is 5.92 Å². The number of rotatable bonds is 3. The van der Waals surface area contributed by atoms with Gasteiger partial charge in [0.1, 0.15) is 0 Å². The predicted octanol–water partition coefficient (Wildman–Crippen LogP) is 1.23. The summed E-state index contributed by atoms with van der Waals surface area (Å²) in [7, 11) is 0. The zero-order valence-electron chi connectivity index (χ0n) is 12.9. The highest BCUT2D eigenvalue weighted by Crippen LogP contribution is 2.18. The molecular weight excluding hydrogens is 302 g/mol. The Bertz CT molecular complexity index is 495. The van der Waals surface area contributed by atoms with Crippen LogP contribution in [0.15, 0.2) is 30.3 Å². The lowest BCUT2D eigenvalue weighted by Gasteiger charge is -2.26. The van der Waals surface area contributed by atoms with Gasteiger partial charge in [-0.25, -0.2) is 0 Å². The first-order valence-corrected chi connectivity index (χ1v) is 7.42. The number of nitrogens with zero attached hydrogens (tertiary/aromatic N) is 2. The lowest BCUT2D eigenvalue weighted by atomic mass is 9.97. The number of carbonyl (C=O) groups excluding carboxylic acids is 2. The molecule has 1 atom stereocenters. The van der Waals surface area contributed by atoms with Gasteiger partial charge < -0.3 is 15.5 Å². The number of nitrogens with two attached hydrogens (primary N) is 1. The Morgan fingerprint density at radius 2 is 1.68 bits per heavy atom. The smallest absolute Gasteiger partial charge is 0.231 e. The first-order chi connectivity index (χ1) is 10.1. The van der Waals surface area contributed by atoms with Crippen molar-refractivity contribution in [1.82, 2.24) is 9.80 Å². The molecule has 22 heavy (non-hydrogen) atoms. The molecule has 2 amide bonds. The Morgan fingerprint density at radius 3 is 2.27 bits per heavy atom. The minimum absolute atomic E-state index is 0. The molecule has 1 fully saturated rings. The zero-order chi connectivity index (χ0) is 15.2. The summed E-state index contributed by atoms with van der Waals surface area (Å²) >= 11 is 0. The van der Waals surface area contributed by atoms with Crippen molar-refractivity contribution in [2.75, 3.05) is 32.7 Å². The maximum Gasteiger partial charge on any atom is 0.231 e. The number of halogens is 1. The summed E-state index contributed by atoms with van der Waals surface area (Å²) in [6.07, 6.45) is 0.817. The lowest BCUT2D eigenvalue weighted by Crippen LogP contribution is -2.40. The lowest BCUT2D eigenvalue weighted by molar-refractivity contribution is -0.133. The molecule has 0 spiro atoms. The van der Waals surface area contributed by atoms with E-state index in [1.54, 1.807) is 11.8 Å². The van der Waals surface area contributed by atoms with Gasteiger partial charge in [-0.05, 0) is 12.0 Å². The number of amides is 2. The molecule has 0 aromatic heterocycles. The molecule has 2 N–H and O–H groups in total. The summed E-state index contributed by atoms with van der Waals surface area (Å²) in [6, 6.07) is 9.65. The van der Waals surface area contributed by atoms with Crippen LogP contribution < -0.4 is 5.73 Å².